The first kappa shape index (κ1) is 16.6. The van der Waals surface area contributed by atoms with E-state index in [1.165, 1.54) is 13.8 Å². The molecule has 1 saturated heterocycles. The van der Waals surface area contributed by atoms with Crippen molar-refractivity contribution in [3.63, 3.8) is 0 Å². The molecule has 1 aliphatic heterocycles. The molecular weight excluding hydrogens is 296 g/mol. The molecule has 0 spiro atoms. The van der Waals surface area contributed by atoms with Crippen LogP contribution in [-0.2, 0) is 25.6 Å². The summed E-state index contributed by atoms with van der Waals surface area (Å²) in [4.78, 5) is 49.3. The van der Waals surface area contributed by atoms with E-state index in [1.54, 1.807) is 6.08 Å². The lowest BCUT2D eigenvalue weighted by molar-refractivity contribution is -0.157. The molecule has 4 amide bonds. The Labute approximate surface area is 134 Å². The maximum absolute atomic E-state index is 12.4. The SMILES string of the molecule is CC(=O)N1CC(=O)N(C(C)=O)/C(=C/CCc2ccccc2)C1=O. The highest BCUT2D eigenvalue weighted by molar-refractivity contribution is 6.15. The highest BCUT2D eigenvalue weighted by Crippen LogP contribution is 2.18. The zero-order chi connectivity index (χ0) is 17.0. The minimum absolute atomic E-state index is 0.0418. The fraction of sp³-hybridized carbons (Fsp3) is 0.294. The van der Waals surface area contributed by atoms with E-state index in [-0.39, 0.29) is 5.70 Å². The molecule has 1 aliphatic rings. The highest BCUT2D eigenvalue weighted by atomic mass is 16.2. The molecule has 0 atom stereocenters. The highest BCUT2D eigenvalue weighted by Gasteiger charge is 2.38. The van der Waals surface area contributed by atoms with Crippen molar-refractivity contribution in [1.29, 1.82) is 0 Å². The van der Waals surface area contributed by atoms with E-state index in [0.717, 1.165) is 15.4 Å². The van der Waals surface area contributed by atoms with Gasteiger partial charge in [-0.05, 0) is 18.4 Å². The summed E-state index contributed by atoms with van der Waals surface area (Å²) >= 11 is 0. The molecule has 1 aromatic rings. The van der Waals surface area contributed by atoms with Gasteiger partial charge in [0.2, 0.25) is 11.8 Å². The smallest absolute Gasteiger partial charge is 0.275 e. The normalized spacial score (nSPS) is 16.9. The van der Waals surface area contributed by atoms with Gasteiger partial charge in [0.15, 0.2) is 0 Å². The van der Waals surface area contributed by atoms with Crippen LogP contribution in [0.5, 0.6) is 0 Å². The fourth-order valence-electron chi connectivity index (χ4n) is 2.44. The van der Waals surface area contributed by atoms with Gasteiger partial charge in [0.1, 0.15) is 12.2 Å². The number of allylic oxidation sites excluding steroid dienone is 1. The number of nitrogens with zero attached hydrogens (tertiary/aromatic N) is 2. The van der Waals surface area contributed by atoms with Crippen LogP contribution in [0.3, 0.4) is 0 Å². The Morgan fingerprint density at radius 3 is 2.30 bits per heavy atom. The van der Waals surface area contributed by atoms with Gasteiger partial charge in [-0.25, -0.2) is 4.90 Å². The van der Waals surface area contributed by atoms with E-state index < -0.39 is 30.2 Å². The molecule has 0 radical (unpaired) electrons. The van der Waals surface area contributed by atoms with Crippen molar-refractivity contribution in [3.8, 4) is 0 Å². The van der Waals surface area contributed by atoms with Crippen LogP contribution in [-0.4, -0.2) is 40.0 Å². The van der Waals surface area contributed by atoms with Crippen LogP contribution in [0, 0.1) is 0 Å². The molecule has 6 nitrogen and oxygen atoms in total. The number of amides is 4. The summed E-state index contributed by atoms with van der Waals surface area (Å²) in [5.74, 6) is -2.23. The molecule has 2 rings (SSSR count). The Morgan fingerprint density at radius 1 is 1.09 bits per heavy atom. The second-order valence-electron chi connectivity index (χ2n) is 5.27. The summed E-state index contributed by atoms with van der Waals surface area (Å²) < 4.78 is 0. The van der Waals surface area contributed by atoms with Crippen LogP contribution < -0.4 is 0 Å². The number of piperazine rings is 1. The van der Waals surface area contributed by atoms with Crippen molar-refractivity contribution in [3.05, 3.63) is 47.7 Å². The van der Waals surface area contributed by atoms with E-state index in [9.17, 15) is 19.2 Å². The molecule has 0 aliphatic carbocycles. The number of imide groups is 2. The zero-order valence-electron chi connectivity index (χ0n) is 13.1. The van der Waals surface area contributed by atoms with Crippen LogP contribution in [0.2, 0.25) is 0 Å². The minimum Gasteiger partial charge on any atom is -0.275 e. The van der Waals surface area contributed by atoms with Gasteiger partial charge in [-0.3, -0.25) is 24.1 Å². The topological polar surface area (TPSA) is 74.8 Å². The number of hydrogen-bond acceptors (Lipinski definition) is 4. The fourth-order valence-corrected chi connectivity index (χ4v) is 2.44. The number of rotatable bonds is 3. The monoisotopic (exact) mass is 314 g/mol. The second kappa shape index (κ2) is 7.00. The van der Waals surface area contributed by atoms with Crippen LogP contribution in [0.1, 0.15) is 25.8 Å². The van der Waals surface area contributed by atoms with Crippen molar-refractivity contribution in [2.75, 3.05) is 6.54 Å². The molecular formula is C17H18N2O4. The van der Waals surface area contributed by atoms with Gasteiger partial charge in [0.05, 0.1) is 0 Å². The summed E-state index contributed by atoms with van der Waals surface area (Å²) in [6.07, 6.45) is 2.69. The summed E-state index contributed by atoms with van der Waals surface area (Å²) in [6, 6.07) is 9.65. The number of carbonyl (C=O) groups excluding carboxylic acids is 4. The largest absolute Gasteiger partial charge is 0.277 e. The van der Waals surface area contributed by atoms with Gasteiger partial charge >= 0.3 is 0 Å². The molecule has 23 heavy (non-hydrogen) atoms. The van der Waals surface area contributed by atoms with Crippen LogP contribution >= 0.6 is 0 Å². The lowest BCUT2D eigenvalue weighted by Crippen LogP contribution is -2.54. The molecule has 6 heteroatoms. The standard InChI is InChI=1S/C17H18N2O4/c1-12(20)18-11-16(22)19(13(2)21)15(17(18)23)10-6-9-14-7-4-3-5-8-14/h3-5,7-8,10H,6,9,11H2,1-2H3/b15-10+. The molecule has 0 N–H and O–H groups in total. The van der Waals surface area contributed by atoms with E-state index in [1.807, 2.05) is 30.3 Å². The summed E-state index contributed by atoms with van der Waals surface area (Å²) in [7, 11) is 0. The molecule has 1 fully saturated rings. The predicted octanol–water partition coefficient (Wildman–Crippen LogP) is 1.27. The lowest BCUT2D eigenvalue weighted by Gasteiger charge is -2.32. The predicted molar refractivity (Wildman–Crippen MR) is 82.8 cm³/mol. The molecule has 1 heterocycles. The van der Waals surface area contributed by atoms with E-state index in [0.29, 0.717) is 12.8 Å². The van der Waals surface area contributed by atoms with Crippen LogP contribution in [0.25, 0.3) is 0 Å². The first-order chi connectivity index (χ1) is 10.9. The maximum Gasteiger partial charge on any atom is 0.277 e. The van der Waals surface area contributed by atoms with Gasteiger partial charge in [-0.2, -0.15) is 0 Å². The van der Waals surface area contributed by atoms with E-state index >= 15 is 0 Å². The van der Waals surface area contributed by atoms with E-state index in [4.69, 9.17) is 0 Å². The quantitative estimate of drug-likeness (QED) is 0.787. The van der Waals surface area contributed by atoms with Crippen molar-refractivity contribution in [1.82, 2.24) is 9.80 Å². The minimum atomic E-state index is -0.611. The maximum atomic E-state index is 12.4. The third-order valence-corrected chi connectivity index (χ3v) is 3.56. The Kier molecular flexibility index (Phi) is 5.05. The summed E-state index contributed by atoms with van der Waals surface area (Å²) in [5.41, 5.74) is 1.04. The number of benzene rings is 1. The van der Waals surface area contributed by atoms with Crippen molar-refractivity contribution in [2.45, 2.75) is 26.7 Å². The average Bonchev–Trinajstić information content (AvgIpc) is 2.50. The molecule has 0 aromatic heterocycles. The first-order valence-corrected chi connectivity index (χ1v) is 7.32. The molecule has 1 aromatic carbocycles. The van der Waals surface area contributed by atoms with Crippen LogP contribution in [0.4, 0.5) is 0 Å². The first-order valence-electron chi connectivity index (χ1n) is 7.32. The number of aryl methyl sites for hydroxylation is 1. The third-order valence-electron chi connectivity index (χ3n) is 3.56. The Balaban J connectivity index is 2.23. The van der Waals surface area contributed by atoms with Gasteiger partial charge in [0, 0.05) is 13.8 Å². The van der Waals surface area contributed by atoms with Gasteiger partial charge in [-0.15, -0.1) is 0 Å². The second-order valence-corrected chi connectivity index (χ2v) is 5.27. The van der Waals surface area contributed by atoms with Crippen molar-refractivity contribution >= 4 is 23.6 Å². The Hall–Kier alpha value is -2.76. The Bertz CT molecular complexity index is 679. The number of hydrogen-bond donors (Lipinski definition) is 0. The molecule has 0 unspecified atom stereocenters. The number of carbonyl (C=O) groups is 4. The molecule has 0 saturated carbocycles. The summed E-state index contributed by atoms with van der Waals surface area (Å²) in [6.45, 7) is 2.04. The molecule has 120 valence electrons. The van der Waals surface area contributed by atoms with E-state index in [2.05, 4.69) is 0 Å². The van der Waals surface area contributed by atoms with Crippen molar-refractivity contribution < 1.29 is 19.2 Å². The Morgan fingerprint density at radius 2 is 1.74 bits per heavy atom. The van der Waals surface area contributed by atoms with Gasteiger partial charge in [-0.1, -0.05) is 36.4 Å². The lowest BCUT2D eigenvalue weighted by atomic mass is 10.1. The van der Waals surface area contributed by atoms with Crippen LogP contribution in [0.15, 0.2) is 42.1 Å². The zero-order valence-corrected chi connectivity index (χ0v) is 13.1. The summed E-state index contributed by atoms with van der Waals surface area (Å²) in [5, 5.41) is 0. The molecule has 0 bridgehead atoms. The third kappa shape index (κ3) is 3.71. The van der Waals surface area contributed by atoms with Gasteiger partial charge < -0.3 is 0 Å². The van der Waals surface area contributed by atoms with Gasteiger partial charge in [0.25, 0.3) is 11.8 Å². The average molecular weight is 314 g/mol. The van der Waals surface area contributed by atoms with Crippen molar-refractivity contribution in [2.24, 2.45) is 0 Å².